The minimum absolute atomic E-state index is 0.192. The van der Waals surface area contributed by atoms with Crippen LogP contribution in [-0.2, 0) is 17.3 Å². The van der Waals surface area contributed by atoms with Gasteiger partial charge in [0.25, 0.3) is 10.2 Å². The molecule has 8 heteroatoms. The van der Waals surface area contributed by atoms with Crippen molar-refractivity contribution < 1.29 is 12.8 Å². The first kappa shape index (κ1) is 17.6. The van der Waals surface area contributed by atoms with Crippen molar-refractivity contribution in [3.8, 4) is 0 Å². The van der Waals surface area contributed by atoms with E-state index in [4.69, 9.17) is 0 Å². The van der Waals surface area contributed by atoms with Crippen LogP contribution in [0.15, 0.2) is 36.7 Å². The quantitative estimate of drug-likeness (QED) is 0.872. The Kier molecular flexibility index (Phi) is 5.18. The maximum Gasteiger partial charge on any atom is 0.280 e. The molecule has 0 saturated carbocycles. The molecule has 126 valence electrons. The summed E-state index contributed by atoms with van der Waals surface area (Å²) in [4.78, 5) is 4.23. The third-order valence-corrected chi connectivity index (χ3v) is 5.41. The molecule has 0 saturated heterocycles. The number of hydrogen-bond donors (Lipinski definition) is 1. The molecular formula is C15H21FN4O2S. The van der Waals surface area contributed by atoms with Crippen molar-refractivity contribution in [2.24, 2.45) is 7.05 Å². The van der Waals surface area contributed by atoms with E-state index in [1.165, 1.54) is 23.5 Å². The van der Waals surface area contributed by atoms with Gasteiger partial charge in [-0.1, -0.05) is 12.1 Å². The van der Waals surface area contributed by atoms with Crippen LogP contribution in [0.1, 0.15) is 31.3 Å². The van der Waals surface area contributed by atoms with E-state index in [9.17, 15) is 12.8 Å². The van der Waals surface area contributed by atoms with Crippen LogP contribution < -0.4 is 4.72 Å². The minimum Gasteiger partial charge on any atom is -0.336 e. The molecule has 23 heavy (non-hydrogen) atoms. The first-order valence-electron chi connectivity index (χ1n) is 7.20. The van der Waals surface area contributed by atoms with Crippen molar-refractivity contribution in [3.05, 3.63) is 53.9 Å². The zero-order valence-electron chi connectivity index (χ0n) is 13.6. The Balaban J connectivity index is 2.43. The van der Waals surface area contributed by atoms with Crippen molar-refractivity contribution in [1.82, 2.24) is 18.6 Å². The number of nitrogens with one attached hydrogen (secondary N) is 1. The molecule has 0 aliphatic carbocycles. The molecule has 0 unspecified atom stereocenters. The Bertz CT molecular complexity index is 756. The van der Waals surface area contributed by atoms with E-state index >= 15 is 0 Å². The Morgan fingerprint density at radius 1 is 1.26 bits per heavy atom. The lowest BCUT2D eigenvalue weighted by Gasteiger charge is -2.25. The second-order valence-corrected chi connectivity index (χ2v) is 7.38. The summed E-state index contributed by atoms with van der Waals surface area (Å²) < 4.78 is 43.9. The van der Waals surface area contributed by atoms with Crippen LogP contribution in [0.5, 0.6) is 0 Å². The maximum atomic E-state index is 13.2. The van der Waals surface area contributed by atoms with Gasteiger partial charge in [0.15, 0.2) is 0 Å². The first-order chi connectivity index (χ1) is 10.7. The highest BCUT2D eigenvalue weighted by molar-refractivity contribution is 7.87. The van der Waals surface area contributed by atoms with Crippen LogP contribution in [0.3, 0.4) is 0 Å². The number of nitrogens with zero attached hydrogens (tertiary/aromatic N) is 3. The fourth-order valence-electron chi connectivity index (χ4n) is 2.09. The summed E-state index contributed by atoms with van der Waals surface area (Å²) >= 11 is 0. The number of imidazole rings is 1. The molecule has 1 heterocycles. The second-order valence-electron chi connectivity index (χ2n) is 5.61. The van der Waals surface area contributed by atoms with E-state index in [1.54, 1.807) is 50.0 Å². The molecule has 2 rings (SSSR count). The third kappa shape index (κ3) is 3.95. The van der Waals surface area contributed by atoms with E-state index in [0.29, 0.717) is 11.4 Å². The monoisotopic (exact) mass is 340 g/mol. The lowest BCUT2D eigenvalue weighted by atomic mass is 10.1. The van der Waals surface area contributed by atoms with Crippen LogP contribution in [-0.4, -0.2) is 35.4 Å². The average Bonchev–Trinajstić information content (AvgIpc) is 2.91. The van der Waals surface area contributed by atoms with Gasteiger partial charge in [-0.2, -0.15) is 17.4 Å². The summed E-state index contributed by atoms with van der Waals surface area (Å²) in [5.74, 6) is 0.145. The predicted molar refractivity (Wildman–Crippen MR) is 86.4 cm³/mol. The smallest absolute Gasteiger partial charge is 0.280 e. The number of aromatic nitrogens is 2. The molecule has 0 radical (unpaired) electrons. The highest BCUT2D eigenvalue weighted by Gasteiger charge is 2.28. The minimum atomic E-state index is -3.72. The van der Waals surface area contributed by atoms with Gasteiger partial charge in [-0.3, -0.25) is 0 Å². The van der Waals surface area contributed by atoms with Gasteiger partial charge in [-0.15, -0.1) is 0 Å². The number of hydrogen-bond acceptors (Lipinski definition) is 3. The van der Waals surface area contributed by atoms with E-state index < -0.39 is 16.3 Å². The highest BCUT2D eigenvalue weighted by Crippen LogP contribution is 2.22. The van der Waals surface area contributed by atoms with Crippen molar-refractivity contribution >= 4 is 10.2 Å². The van der Waals surface area contributed by atoms with E-state index in [2.05, 4.69) is 9.71 Å². The van der Waals surface area contributed by atoms with Crippen molar-refractivity contribution in [2.45, 2.75) is 25.9 Å². The first-order valence-corrected chi connectivity index (χ1v) is 8.64. The van der Waals surface area contributed by atoms with Crippen LogP contribution in [0.25, 0.3) is 0 Å². The SMILES string of the molecule is CC(C)N(C)S(=O)(=O)N[C@@H](c1ccc(F)cc1)c1nccn1C. The van der Waals surface area contributed by atoms with Crippen molar-refractivity contribution in [3.63, 3.8) is 0 Å². The molecule has 0 aliphatic heterocycles. The number of rotatable bonds is 6. The largest absolute Gasteiger partial charge is 0.336 e. The Hall–Kier alpha value is -1.77. The molecule has 1 N–H and O–H groups in total. The summed E-state index contributed by atoms with van der Waals surface area (Å²) in [5.41, 5.74) is 0.612. The molecule has 0 bridgehead atoms. The summed E-state index contributed by atoms with van der Waals surface area (Å²) in [7, 11) is -0.439. The summed E-state index contributed by atoms with van der Waals surface area (Å²) in [6.45, 7) is 3.57. The summed E-state index contributed by atoms with van der Waals surface area (Å²) in [6, 6.07) is 4.79. The highest BCUT2D eigenvalue weighted by atomic mass is 32.2. The van der Waals surface area contributed by atoms with E-state index in [1.807, 2.05) is 0 Å². The topological polar surface area (TPSA) is 67.2 Å². The van der Waals surface area contributed by atoms with Gasteiger partial charge < -0.3 is 4.57 Å². The third-order valence-electron chi connectivity index (χ3n) is 3.69. The molecule has 1 aromatic carbocycles. The van der Waals surface area contributed by atoms with Crippen molar-refractivity contribution in [1.29, 1.82) is 0 Å². The Morgan fingerprint density at radius 2 is 1.87 bits per heavy atom. The molecule has 2 aromatic rings. The fourth-order valence-corrected chi connectivity index (χ4v) is 3.35. The van der Waals surface area contributed by atoms with Crippen molar-refractivity contribution in [2.75, 3.05) is 7.05 Å². The number of benzene rings is 1. The van der Waals surface area contributed by atoms with Crippen LogP contribution in [0.2, 0.25) is 0 Å². The van der Waals surface area contributed by atoms with E-state index in [0.717, 1.165) is 0 Å². The lowest BCUT2D eigenvalue weighted by molar-refractivity contribution is 0.398. The van der Waals surface area contributed by atoms with Gasteiger partial charge in [0.05, 0.1) is 0 Å². The average molecular weight is 340 g/mol. The zero-order valence-corrected chi connectivity index (χ0v) is 14.4. The summed E-state index contributed by atoms with van der Waals surface area (Å²) in [6.07, 6.45) is 3.32. The van der Waals surface area contributed by atoms with Gasteiger partial charge in [0.2, 0.25) is 0 Å². The molecule has 0 amide bonds. The number of halogens is 1. The van der Waals surface area contributed by atoms with Crippen LogP contribution in [0, 0.1) is 5.82 Å². The molecule has 0 spiro atoms. The van der Waals surface area contributed by atoms with Gasteiger partial charge >= 0.3 is 0 Å². The molecule has 0 aliphatic rings. The molecular weight excluding hydrogens is 319 g/mol. The van der Waals surface area contributed by atoms with Crippen LogP contribution >= 0.6 is 0 Å². The zero-order chi connectivity index (χ0) is 17.2. The van der Waals surface area contributed by atoms with Gasteiger partial charge in [0, 0.05) is 32.5 Å². The molecule has 1 aromatic heterocycles. The summed E-state index contributed by atoms with van der Waals surface area (Å²) in [5, 5.41) is 0. The van der Waals surface area contributed by atoms with Gasteiger partial charge in [-0.05, 0) is 31.5 Å². The Morgan fingerprint density at radius 3 is 2.35 bits per heavy atom. The molecule has 0 fully saturated rings. The Labute approximate surface area is 136 Å². The van der Waals surface area contributed by atoms with Gasteiger partial charge in [-0.25, -0.2) is 9.37 Å². The second kappa shape index (κ2) is 6.77. The predicted octanol–water partition coefficient (Wildman–Crippen LogP) is 1.82. The maximum absolute atomic E-state index is 13.2. The van der Waals surface area contributed by atoms with E-state index in [-0.39, 0.29) is 11.9 Å². The molecule has 6 nitrogen and oxygen atoms in total. The van der Waals surface area contributed by atoms with Crippen LogP contribution in [0.4, 0.5) is 4.39 Å². The van der Waals surface area contributed by atoms with Gasteiger partial charge in [0.1, 0.15) is 17.7 Å². The standard InChI is InChI=1S/C15H21FN4O2S/c1-11(2)20(4)23(21,22)18-14(15-17-9-10-19(15)3)12-5-7-13(16)8-6-12/h5-11,14,18H,1-4H3/t14-/m0/s1. The number of aryl methyl sites for hydroxylation is 1. The normalized spacial score (nSPS) is 13.7. The fraction of sp³-hybridized carbons (Fsp3) is 0.400. The molecule has 1 atom stereocenters. The lowest BCUT2D eigenvalue weighted by Crippen LogP contribution is -2.44.